The number of likely N-dealkylation sites (tertiary alicyclic amines) is 1. The van der Waals surface area contributed by atoms with Gasteiger partial charge < -0.3 is 19.5 Å². The number of methoxy groups -OCH3 is 2. The summed E-state index contributed by atoms with van der Waals surface area (Å²) in [5, 5.41) is 11.2. The number of ether oxygens (including phenoxy) is 2. The fourth-order valence-electron chi connectivity index (χ4n) is 5.71. The molecule has 1 saturated heterocycles. The summed E-state index contributed by atoms with van der Waals surface area (Å²) in [5.41, 5.74) is 1.24. The van der Waals surface area contributed by atoms with E-state index < -0.39 is 17.7 Å². The predicted molar refractivity (Wildman–Crippen MR) is 165 cm³/mol. The van der Waals surface area contributed by atoms with Crippen LogP contribution in [0.5, 0.6) is 11.5 Å². The van der Waals surface area contributed by atoms with Gasteiger partial charge >= 0.3 is 0 Å². The summed E-state index contributed by atoms with van der Waals surface area (Å²) < 4.78 is 11.0. The van der Waals surface area contributed by atoms with E-state index in [1.807, 2.05) is 12.1 Å². The van der Waals surface area contributed by atoms with Crippen molar-refractivity contribution in [1.82, 2.24) is 4.90 Å². The molecule has 1 atom stereocenters. The van der Waals surface area contributed by atoms with Gasteiger partial charge in [0, 0.05) is 23.7 Å². The lowest BCUT2D eigenvalue weighted by atomic mass is 9.94. The summed E-state index contributed by atoms with van der Waals surface area (Å²) in [7, 11) is 3.13. The zero-order chi connectivity index (χ0) is 29.5. The number of Topliss-reactive ketones (excluding diaryl/α,β-unsaturated/α-hetero) is 1. The molecule has 6 nitrogen and oxygen atoms in total. The second kappa shape index (κ2) is 17.5. The molecule has 3 rings (SSSR count). The molecule has 1 aliphatic rings. The smallest absolute Gasteiger partial charge is 0.295 e. The molecule has 224 valence electrons. The van der Waals surface area contributed by atoms with Crippen molar-refractivity contribution < 1.29 is 24.2 Å². The number of aliphatic hydroxyl groups excluding tert-OH is 1. The van der Waals surface area contributed by atoms with Crippen LogP contribution in [-0.2, 0) is 9.59 Å². The first-order valence-corrected chi connectivity index (χ1v) is 15.6. The van der Waals surface area contributed by atoms with E-state index in [-0.39, 0.29) is 11.3 Å². The Morgan fingerprint density at radius 2 is 1.32 bits per heavy atom. The van der Waals surface area contributed by atoms with Crippen LogP contribution < -0.4 is 9.47 Å². The number of unbranched alkanes of at least 4 members (excludes halogenated alkanes) is 13. The lowest BCUT2D eigenvalue weighted by molar-refractivity contribution is -0.139. The fourth-order valence-corrected chi connectivity index (χ4v) is 5.71. The number of carbonyl (C=O) groups excluding carboxylic acids is 2. The van der Waals surface area contributed by atoms with Crippen molar-refractivity contribution in [2.24, 2.45) is 0 Å². The standard InChI is InChI=1S/C35H49NO5/c1-4-5-6-7-8-9-10-11-12-13-14-15-16-20-25-36-32(29-24-23-28(40-2)26-30(29)41-3)31(34(38)35(36)39)33(37)27-21-18-17-19-22-27/h17-19,21-24,26,32,37H,4-16,20,25H2,1-3H3. The van der Waals surface area contributed by atoms with Crippen LogP contribution in [0.2, 0.25) is 0 Å². The van der Waals surface area contributed by atoms with Gasteiger partial charge in [0.05, 0.1) is 25.8 Å². The molecule has 1 amide bonds. The maximum absolute atomic E-state index is 13.3. The summed E-state index contributed by atoms with van der Waals surface area (Å²) in [4.78, 5) is 28.2. The van der Waals surface area contributed by atoms with E-state index >= 15 is 0 Å². The number of carbonyl (C=O) groups is 2. The van der Waals surface area contributed by atoms with E-state index in [1.165, 1.54) is 70.6 Å². The van der Waals surface area contributed by atoms with Gasteiger partial charge in [0.25, 0.3) is 11.7 Å². The van der Waals surface area contributed by atoms with Crippen LogP contribution in [0.3, 0.4) is 0 Å². The summed E-state index contributed by atoms with van der Waals surface area (Å²) in [6.45, 7) is 2.70. The zero-order valence-corrected chi connectivity index (χ0v) is 25.3. The van der Waals surface area contributed by atoms with Crippen molar-refractivity contribution in [1.29, 1.82) is 0 Å². The van der Waals surface area contributed by atoms with Crippen LogP contribution in [0, 0.1) is 0 Å². The molecule has 1 N–H and O–H groups in total. The van der Waals surface area contributed by atoms with Gasteiger partial charge in [-0.25, -0.2) is 0 Å². The Balaban J connectivity index is 1.60. The highest BCUT2D eigenvalue weighted by Crippen LogP contribution is 2.43. The van der Waals surface area contributed by atoms with Crippen LogP contribution in [0.4, 0.5) is 0 Å². The number of amides is 1. The minimum atomic E-state index is -0.738. The minimum absolute atomic E-state index is 0.0926. The number of rotatable bonds is 19. The van der Waals surface area contributed by atoms with Gasteiger partial charge in [-0.2, -0.15) is 0 Å². The number of ketones is 1. The monoisotopic (exact) mass is 563 g/mol. The summed E-state index contributed by atoms with van der Waals surface area (Å²) >= 11 is 0. The average molecular weight is 564 g/mol. The van der Waals surface area contributed by atoms with Crippen LogP contribution in [0.1, 0.15) is 114 Å². The number of hydrogen-bond acceptors (Lipinski definition) is 5. The Bertz CT molecular complexity index is 1130. The first kappa shape index (κ1) is 32.2. The molecular formula is C35H49NO5. The Morgan fingerprint density at radius 3 is 1.85 bits per heavy atom. The predicted octanol–water partition coefficient (Wildman–Crippen LogP) is 8.61. The van der Waals surface area contributed by atoms with Crippen LogP contribution >= 0.6 is 0 Å². The minimum Gasteiger partial charge on any atom is -0.507 e. The molecule has 2 aromatic rings. The van der Waals surface area contributed by atoms with Crippen molar-refractivity contribution in [3.8, 4) is 11.5 Å². The van der Waals surface area contributed by atoms with E-state index in [2.05, 4.69) is 6.92 Å². The van der Waals surface area contributed by atoms with E-state index in [1.54, 1.807) is 55.5 Å². The summed E-state index contributed by atoms with van der Waals surface area (Å²) in [5.74, 6) is -0.311. The van der Waals surface area contributed by atoms with Crippen molar-refractivity contribution >= 4 is 17.4 Å². The van der Waals surface area contributed by atoms with Crippen LogP contribution in [-0.4, -0.2) is 42.5 Å². The van der Waals surface area contributed by atoms with Gasteiger partial charge in [-0.15, -0.1) is 0 Å². The van der Waals surface area contributed by atoms with Gasteiger partial charge in [-0.05, 0) is 18.6 Å². The second-order valence-corrected chi connectivity index (χ2v) is 11.1. The van der Waals surface area contributed by atoms with Crippen molar-refractivity contribution in [3.05, 3.63) is 65.2 Å². The van der Waals surface area contributed by atoms with Crippen LogP contribution in [0.15, 0.2) is 54.1 Å². The molecule has 0 aromatic heterocycles. The number of hydrogen-bond donors (Lipinski definition) is 1. The Morgan fingerprint density at radius 1 is 0.756 bits per heavy atom. The Kier molecular flexibility index (Phi) is 13.8. The molecule has 0 saturated carbocycles. The molecule has 0 spiro atoms. The third-order valence-corrected chi connectivity index (χ3v) is 8.07. The van der Waals surface area contributed by atoms with Gasteiger partial charge in [0.15, 0.2) is 0 Å². The molecule has 0 aliphatic carbocycles. The van der Waals surface area contributed by atoms with E-state index in [4.69, 9.17) is 9.47 Å². The fraction of sp³-hybridized carbons (Fsp3) is 0.543. The topological polar surface area (TPSA) is 76.1 Å². The molecule has 2 aromatic carbocycles. The maximum atomic E-state index is 13.3. The summed E-state index contributed by atoms with van der Waals surface area (Å²) in [6, 6.07) is 13.5. The first-order valence-electron chi connectivity index (χ1n) is 15.6. The highest BCUT2D eigenvalue weighted by atomic mass is 16.5. The molecule has 1 heterocycles. The molecular weight excluding hydrogens is 514 g/mol. The highest BCUT2D eigenvalue weighted by molar-refractivity contribution is 6.46. The molecule has 6 heteroatoms. The average Bonchev–Trinajstić information content (AvgIpc) is 3.25. The Labute approximate surface area is 246 Å². The van der Waals surface area contributed by atoms with E-state index in [0.29, 0.717) is 29.2 Å². The van der Waals surface area contributed by atoms with Gasteiger partial charge in [0.1, 0.15) is 17.3 Å². The zero-order valence-electron chi connectivity index (χ0n) is 25.3. The first-order chi connectivity index (χ1) is 20.0. The molecule has 41 heavy (non-hydrogen) atoms. The lowest BCUT2D eigenvalue weighted by Crippen LogP contribution is -2.31. The van der Waals surface area contributed by atoms with Crippen LogP contribution in [0.25, 0.3) is 5.76 Å². The molecule has 0 bridgehead atoms. The number of nitrogens with zero attached hydrogens (tertiary/aromatic N) is 1. The Hall–Kier alpha value is -3.28. The molecule has 1 unspecified atom stereocenters. The molecule has 1 aliphatic heterocycles. The molecule has 1 fully saturated rings. The van der Waals surface area contributed by atoms with Crippen molar-refractivity contribution in [2.75, 3.05) is 20.8 Å². The van der Waals surface area contributed by atoms with E-state index in [9.17, 15) is 14.7 Å². The highest BCUT2D eigenvalue weighted by Gasteiger charge is 2.46. The summed E-state index contributed by atoms with van der Waals surface area (Å²) in [6.07, 6.45) is 17.5. The number of benzene rings is 2. The maximum Gasteiger partial charge on any atom is 0.295 e. The van der Waals surface area contributed by atoms with Gasteiger partial charge in [0.2, 0.25) is 0 Å². The number of aliphatic hydroxyl groups is 1. The van der Waals surface area contributed by atoms with E-state index in [0.717, 1.165) is 19.3 Å². The normalized spacial score (nSPS) is 16.4. The van der Waals surface area contributed by atoms with Crippen molar-refractivity contribution in [3.63, 3.8) is 0 Å². The lowest BCUT2D eigenvalue weighted by Gasteiger charge is -2.27. The SMILES string of the molecule is CCCCCCCCCCCCCCCCN1C(=O)C(=O)C(=C(O)c2ccccc2)C1c1ccc(OC)cc1OC. The van der Waals surface area contributed by atoms with Crippen molar-refractivity contribution in [2.45, 2.75) is 103 Å². The third-order valence-electron chi connectivity index (χ3n) is 8.07. The third kappa shape index (κ3) is 9.11. The second-order valence-electron chi connectivity index (χ2n) is 11.1. The largest absolute Gasteiger partial charge is 0.507 e. The van der Waals surface area contributed by atoms with Gasteiger partial charge in [-0.1, -0.05) is 121 Å². The molecule has 0 radical (unpaired) electrons. The quantitative estimate of drug-likeness (QED) is 0.0801. The van der Waals surface area contributed by atoms with Gasteiger partial charge in [-0.3, -0.25) is 9.59 Å².